The van der Waals surface area contributed by atoms with Crippen molar-refractivity contribution in [2.24, 2.45) is 0 Å². The third-order valence-corrected chi connectivity index (χ3v) is 3.64. The van der Waals surface area contributed by atoms with Crippen LogP contribution < -0.4 is 5.32 Å². The summed E-state index contributed by atoms with van der Waals surface area (Å²) in [4.78, 5) is 22.4. The Morgan fingerprint density at radius 1 is 1.04 bits per heavy atom. The van der Waals surface area contributed by atoms with E-state index < -0.39 is 4.92 Å². The number of nitro groups is 1. The Morgan fingerprint density at radius 2 is 1.75 bits per heavy atom. The predicted molar refractivity (Wildman–Crippen MR) is 91.0 cm³/mol. The summed E-state index contributed by atoms with van der Waals surface area (Å²) in [5.41, 5.74) is 0.743. The first kappa shape index (κ1) is 15.5. The van der Waals surface area contributed by atoms with E-state index in [0.29, 0.717) is 11.3 Å². The maximum absolute atomic E-state index is 12.2. The lowest BCUT2D eigenvalue weighted by Gasteiger charge is -2.08. The zero-order chi connectivity index (χ0) is 17.1. The van der Waals surface area contributed by atoms with Gasteiger partial charge in [-0.2, -0.15) is 0 Å². The number of amides is 1. The molecule has 0 aromatic heterocycles. The lowest BCUT2D eigenvalue weighted by molar-refractivity contribution is -0.384. The Hall–Kier alpha value is -3.41. The van der Waals surface area contributed by atoms with Crippen LogP contribution in [0.15, 0.2) is 60.7 Å². The van der Waals surface area contributed by atoms with E-state index in [1.165, 1.54) is 18.2 Å². The minimum absolute atomic E-state index is 0.0284. The Labute approximate surface area is 137 Å². The largest absolute Gasteiger partial charge is 0.508 e. The molecule has 120 valence electrons. The minimum Gasteiger partial charge on any atom is -0.508 e. The summed E-state index contributed by atoms with van der Waals surface area (Å²) in [6.45, 7) is 0. The number of phenols is 1. The third-order valence-electron chi connectivity index (χ3n) is 3.64. The fourth-order valence-electron chi connectivity index (χ4n) is 2.49. The highest BCUT2D eigenvalue weighted by molar-refractivity contribution is 5.94. The number of benzene rings is 3. The van der Waals surface area contributed by atoms with Crippen LogP contribution in [-0.4, -0.2) is 15.9 Å². The average Bonchev–Trinajstić information content (AvgIpc) is 2.55. The van der Waals surface area contributed by atoms with Gasteiger partial charge in [0.25, 0.3) is 5.69 Å². The number of fused-ring (bicyclic) bond motifs is 1. The first-order chi connectivity index (χ1) is 11.5. The van der Waals surface area contributed by atoms with Crippen LogP contribution in [0.25, 0.3) is 10.8 Å². The van der Waals surface area contributed by atoms with Gasteiger partial charge in [0.15, 0.2) is 0 Å². The number of hydrogen-bond donors (Lipinski definition) is 2. The number of nitrogens with zero attached hydrogens (tertiary/aromatic N) is 1. The van der Waals surface area contributed by atoms with Gasteiger partial charge in [0, 0.05) is 23.4 Å². The van der Waals surface area contributed by atoms with E-state index in [-0.39, 0.29) is 23.8 Å². The molecule has 0 heterocycles. The normalized spacial score (nSPS) is 10.5. The van der Waals surface area contributed by atoms with Crippen molar-refractivity contribution >= 4 is 28.1 Å². The van der Waals surface area contributed by atoms with Crippen molar-refractivity contribution in [3.8, 4) is 5.75 Å². The number of hydrogen-bond acceptors (Lipinski definition) is 4. The topological polar surface area (TPSA) is 92.5 Å². The molecule has 0 radical (unpaired) electrons. The molecule has 0 bridgehead atoms. The van der Waals surface area contributed by atoms with Gasteiger partial charge in [-0.25, -0.2) is 0 Å². The molecule has 0 atom stereocenters. The summed E-state index contributed by atoms with van der Waals surface area (Å²) in [6.07, 6.45) is -0.0284. The predicted octanol–water partition coefficient (Wildman–Crippen LogP) is 3.63. The molecule has 0 unspecified atom stereocenters. The molecule has 0 fully saturated rings. The quantitative estimate of drug-likeness (QED) is 0.566. The number of nitrogens with one attached hydrogen (secondary N) is 1. The van der Waals surface area contributed by atoms with Crippen molar-refractivity contribution in [1.29, 1.82) is 0 Å². The highest BCUT2D eigenvalue weighted by Gasteiger charge is 2.11. The minimum atomic E-state index is -0.523. The molecule has 6 nitrogen and oxygen atoms in total. The van der Waals surface area contributed by atoms with Crippen LogP contribution >= 0.6 is 0 Å². The molecule has 3 aromatic rings. The SMILES string of the molecule is O=C(Cc1cc2ccccc2cc1O)Nc1cccc([N+](=O)[O-])c1. The Balaban J connectivity index is 1.79. The smallest absolute Gasteiger partial charge is 0.271 e. The summed E-state index contributed by atoms with van der Waals surface area (Å²) in [5, 5.41) is 25.2. The Bertz CT molecular complexity index is 937. The molecule has 0 saturated carbocycles. The van der Waals surface area contributed by atoms with Crippen LogP contribution in [0.1, 0.15) is 5.56 Å². The van der Waals surface area contributed by atoms with E-state index in [4.69, 9.17) is 0 Å². The van der Waals surface area contributed by atoms with Gasteiger partial charge >= 0.3 is 0 Å². The molecule has 2 N–H and O–H groups in total. The van der Waals surface area contributed by atoms with E-state index in [1.54, 1.807) is 18.2 Å². The lowest BCUT2D eigenvalue weighted by Crippen LogP contribution is -2.14. The lowest BCUT2D eigenvalue weighted by atomic mass is 10.0. The Morgan fingerprint density at radius 3 is 2.46 bits per heavy atom. The van der Waals surface area contributed by atoms with Crippen LogP contribution in [-0.2, 0) is 11.2 Å². The van der Waals surface area contributed by atoms with Crippen molar-refractivity contribution in [2.75, 3.05) is 5.32 Å². The van der Waals surface area contributed by atoms with Crippen LogP contribution in [0.5, 0.6) is 5.75 Å². The second-order valence-corrected chi connectivity index (χ2v) is 5.36. The van der Waals surface area contributed by atoms with Crippen molar-refractivity contribution in [2.45, 2.75) is 6.42 Å². The van der Waals surface area contributed by atoms with Gasteiger partial charge < -0.3 is 10.4 Å². The molecule has 24 heavy (non-hydrogen) atoms. The average molecular weight is 322 g/mol. The highest BCUT2D eigenvalue weighted by atomic mass is 16.6. The molecule has 1 amide bonds. The van der Waals surface area contributed by atoms with Gasteiger partial charge in [-0.05, 0) is 29.0 Å². The second-order valence-electron chi connectivity index (χ2n) is 5.36. The number of aromatic hydroxyl groups is 1. The van der Waals surface area contributed by atoms with E-state index in [1.807, 2.05) is 24.3 Å². The second kappa shape index (κ2) is 6.37. The fraction of sp³-hybridized carbons (Fsp3) is 0.0556. The van der Waals surface area contributed by atoms with Gasteiger partial charge in [-0.15, -0.1) is 0 Å². The maximum atomic E-state index is 12.2. The fourth-order valence-corrected chi connectivity index (χ4v) is 2.49. The molecule has 0 aliphatic rings. The summed E-state index contributed by atoms with van der Waals surface area (Å²) in [6, 6.07) is 16.6. The molecule has 0 aliphatic heterocycles. The molecular weight excluding hydrogens is 308 g/mol. The summed E-state index contributed by atoms with van der Waals surface area (Å²) in [7, 11) is 0. The number of carbonyl (C=O) groups is 1. The van der Waals surface area contributed by atoms with Crippen molar-refractivity contribution in [3.05, 3.63) is 76.3 Å². The standard InChI is InChI=1S/C18H14N2O4/c21-17-9-13-5-2-1-4-12(13)8-14(17)10-18(22)19-15-6-3-7-16(11-15)20(23)24/h1-9,11,21H,10H2,(H,19,22). The first-order valence-electron chi connectivity index (χ1n) is 7.28. The number of carbonyl (C=O) groups excluding carboxylic acids is 1. The summed E-state index contributed by atoms with van der Waals surface area (Å²) >= 11 is 0. The molecule has 0 aliphatic carbocycles. The molecule has 0 saturated heterocycles. The van der Waals surface area contributed by atoms with Gasteiger partial charge in [0.1, 0.15) is 5.75 Å². The summed E-state index contributed by atoms with van der Waals surface area (Å²) in [5.74, 6) is -0.316. The van der Waals surface area contributed by atoms with Crippen molar-refractivity contribution in [3.63, 3.8) is 0 Å². The van der Waals surface area contributed by atoms with E-state index in [2.05, 4.69) is 5.32 Å². The third kappa shape index (κ3) is 3.33. The number of nitro benzene ring substituents is 1. The summed E-state index contributed by atoms with van der Waals surface area (Å²) < 4.78 is 0. The first-order valence-corrected chi connectivity index (χ1v) is 7.28. The molecule has 3 aromatic carbocycles. The number of non-ortho nitro benzene ring substituents is 1. The maximum Gasteiger partial charge on any atom is 0.271 e. The van der Waals surface area contributed by atoms with Gasteiger partial charge in [0.2, 0.25) is 5.91 Å². The zero-order valence-electron chi connectivity index (χ0n) is 12.6. The molecule has 3 rings (SSSR count). The van der Waals surface area contributed by atoms with Gasteiger partial charge in [-0.1, -0.05) is 30.3 Å². The van der Waals surface area contributed by atoms with Crippen molar-refractivity contribution < 1.29 is 14.8 Å². The van der Waals surface area contributed by atoms with Crippen LogP contribution in [0.4, 0.5) is 11.4 Å². The molecule has 6 heteroatoms. The van der Waals surface area contributed by atoms with E-state index >= 15 is 0 Å². The van der Waals surface area contributed by atoms with E-state index in [0.717, 1.165) is 10.8 Å². The van der Waals surface area contributed by atoms with Crippen LogP contribution in [0, 0.1) is 10.1 Å². The number of rotatable bonds is 4. The highest BCUT2D eigenvalue weighted by Crippen LogP contribution is 2.26. The monoisotopic (exact) mass is 322 g/mol. The van der Waals surface area contributed by atoms with Crippen molar-refractivity contribution in [1.82, 2.24) is 0 Å². The van der Waals surface area contributed by atoms with Gasteiger partial charge in [0.05, 0.1) is 11.3 Å². The Kier molecular flexibility index (Phi) is 4.11. The van der Waals surface area contributed by atoms with Gasteiger partial charge in [-0.3, -0.25) is 14.9 Å². The molecular formula is C18H14N2O4. The van der Waals surface area contributed by atoms with Crippen LogP contribution in [0.3, 0.4) is 0 Å². The van der Waals surface area contributed by atoms with E-state index in [9.17, 15) is 20.0 Å². The zero-order valence-corrected chi connectivity index (χ0v) is 12.6. The van der Waals surface area contributed by atoms with Crippen LogP contribution in [0.2, 0.25) is 0 Å². The molecule has 0 spiro atoms. The number of phenolic OH excluding ortho intramolecular Hbond substituents is 1. The number of anilines is 1.